The first-order chi connectivity index (χ1) is 6.53. The molecule has 0 spiro atoms. The first-order valence-electron chi connectivity index (χ1n) is 5.95. The molecule has 0 rings (SSSR count). The summed E-state index contributed by atoms with van der Waals surface area (Å²) >= 11 is 0. The minimum absolute atomic E-state index is 0.183. The van der Waals surface area contributed by atoms with Crippen molar-refractivity contribution in [2.24, 2.45) is 11.7 Å². The highest BCUT2D eigenvalue weighted by molar-refractivity contribution is 4.84. The maximum atomic E-state index is 5.84. The van der Waals surface area contributed by atoms with Crippen LogP contribution >= 0.6 is 0 Å². The lowest BCUT2D eigenvalue weighted by molar-refractivity contribution is 0.115. The van der Waals surface area contributed by atoms with E-state index in [-0.39, 0.29) is 5.54 Å². The first-order valence-corrected chi connectivity index (χ1v) is 5.95. The van der Waals surface area contributed by atoms with Crippen LogP contribution in [0.2, 0.25) is 0 Å². The topological polar surface area (TPSA) is 29.3 Å². The maximum absolute atomic E-state index is 5.84. The van der Waals surface area contributed by atoms with Crippen LogP contribution in [0.4, 0.5) is 0 Å². The lowest BCUT2D eigenvalue weighted by Gasteiger charge is -2.39. The van der Waals surface area contributed by atoms with Crippen LogP contribution in [0.1, 0.15) is 47.0 Å². The summed E-state index contributed by atoms with van der Waals surface area (Å²) in [7, 11) is 2.20. The van der Waals surface area contributed by atoms with Gasteiger partial charge in [0.1, 0.15) is 0 Å². The van der Waals surface area contributed by atoms with Gasteiger partial charge in [-0.05, 0) is 26.3 Å². The molecule has 0 aliphatic rings. The Morgan fingerprint density at radius 1 is 1.21 bits per heavy atom. The monoisotopic (exact) mass is 200 g/mol. The minimum atomic E-state index is 0.183. The van der Waals surface area contributed by atoms with Crippen LogP contribution in [-0.2, 0) is 0 Å². The zero-order valence-corrected chi connectivity index (χ0v) is 10.6. The molecule has 0 aromatic heterocycles. The second-order valence-corrected chi connectivity index (χ2v) is 4.62. The van der Waals surface area contributed by atoms with Crippen LogP contribution in [0.15, 0.2) is 0 Å². The summed E-state index contributed by atoms with van der Waals surface area (Å²) in [5, 5.41) is 0. The van der Waals surface area contributed by atoms with Crippen LogP contribution in [0.5, 0.6) is 0 Å². The van der Waals surface area contributed by atoms with Gasteiger partial charge in [0.25, 0.3) is 0 Å². The Morgan fingerprint density at radius 2 is 1.71 bits per heavy atom. The molecule has 0 heterocycles. The number of likely N-dealkylation sites (N-methyl/N-ethyl adjacent to an activating group) is 1. The van der Waals surface area contributed by atoms with Gasteiger partial charge < -0.3 is 5.73 Å². The normalized spacial score (nSPS) is 16.3. The predicted molar refractivity (Wildman–Crippen MR) is 64.5 cm³/mol. The van der Waals surface area contributed by atoms with Gasteiger partial charge in [0, 0.05) is 18.6 Å². The lowest BCUT2D eigenvalue weighted by Crippen LogP contribution is -2.50. The molecule has 0 saturated heterocycles. The average molecular weight is 200 g/mol. The van der Waals surface area contributed by atoms with Gasteiger partial charge in [-0.2, -0.15) is 0 Å². The highest BCUT2D eigenvalue weighted by Gasteiger charge is 2.26. The van der Waals surface area contributed by atoms with E-state index < -0.39 is 0 Å². The average Bonchev–Trinajstić information content (AvgIpc) is 2.24. The van der Waals surface area contributed by atoms with Gasteiger partial charge in [0.15, 0.2) is 0 Å². The standard InChI is InChI=1S/C12H28N2/c1-6-11(7-2)9-14(5)12(4,8-3)10-13/h11H,6-10,13H2,1-5H3. The maximum Gasteiger partial charge on any atom is 0.0298 e. The summed E-state index contributed by atoms with van der Waals surface area (Å²) in [5.74, 6) is 0.817. The van der Waals surface area contributed by atoms with E-state index in [1.165, 1.54) is 19.4 Å². The molecule has 1 unspecified atom stereocenters. The third-order valence-corrected chi connectivity index (χ3v) is 3.81. The largest absolute Gasteiger partial charge is 0.329 e. The van der Waals surface area contributed by atoms with Crippen LogP contribution in [0.3, 0.4) is 0 Å². The highest BCUT2D eigenvalue weighted by Crippen LogP contribution is 2.19. The van der Waals surface area contributed by atoms with Gasteiger partial charge in [-0.1, -0.05) is 33.6 Å². The van der Waals surface area contributed by atoms with E-state index in [0.29, 0.717) is 0 Å². The fourth-order valence-electron chi connectivity index (χ4n) is 1.72. The molecule has 0 aromatic carbocycles. The van der Waals surface area contributed by atoms with Crippen LogP contribution in [0, 0.1) is 5.92 Å². The molecule has 1 atom stereocenters. The van der Waals surface area contributed by atoms with Crippen molar-refractivity contribution in [2.75, 3.05) is 20.1 Å². The molecule has 86 valence electrons. The molecule has 2 N–H and O–H groups in total. The van der Waals surface area contributed by atoms with E-state index in [0.717, 1.165) is 18.9 Å². The van der Waals surface area contributed by atoms with E-state index >= 15 is 0 Å². The summed E-state index contributed by atoms with van der Waals surface area (Å²) in [6, 6.07) is 0. The van der Waals surface area contributed by atoms with Gasteiger partial charge in [-0.3, -0.25) is 4.90 Å². The van der Waals surface area contributed by atoms with Crippen molar-refractivity contribution in [3.63, 3.8) is 0 Å². The number of hydrogen-bond donors (Lipinski definition) is 1. The molecule has 2 nitrogen and oxygen atoms in total. The van der Waals surface area contributed by atoms with E-state index in [9.17, 15) is 0 Å². The van der Waals surface area contributed by atoms with Gasteiger partial charge >= 0.3 is 0 Å². The zero-order valence-electron chi connectivity index (χ0n) is 10.6. The number of nitrogens with two attached hydrogens (primary N) is 1. The summed E-state index contributed by atoms with van der Waals surface area (Å²) in [6.07, 6.45) is 3.66. The molecule has 0 fully saturated rings. The van der Waals surface area contributed by atoms with E-state index in [1.54, 1.807) is 0 Å². The molecule has 0 aliphatic heterocycles. The quantitative estimate of drug-likeness (QED) is 0.684. The third kappa shape index (κ3) is 3.58. The van der Waals surface area contributed by atoms with Crippen LogP contribution in [0.25, 0.3) is 0 Å². The molecular formula is C12H28N2. The zero-order chi connectivity index (χ0) is 11.2. The fraction of sp³-hybridized carbons (Fsp3) is 1.00. The Kier molecular flexibility index (Phi) is 6.38. The number of rotatable bonds is 7. The lowest BCUT2D eigenvalue weighted by atomic mass is 9.94. The smallest absolute Gasteiger partial charge is 0.0298 e. The molecule has 0 bridgehead atoms. The second-order valence-electron chi connectivity index (χ2n) is 4.62. The van der Waals surface area contributed by atoms with E-state index in [1.807, 2.05) is 0 Å². The van der Waals surface area contributed by atoms with E-state index in [4.69, 9.17) is 5.73 Å². The van der Waals surface area contributed by atoms with Crippen molar-refractivity contribution in [2.45, 2.75) is 52.5 Å². The summed E-state index contributed by atoms with van der Waals surface area (Å²) in [6.45, 7) is 10.9. The van der Waals surface area contributed by atoms with Crippen LogP contribution < -0.4 is 5.73 Å². The van der Waals surface area contributed by atoms with Gasteiger partial charge in [0.2, 0.25) is 0 Å². The van der Waals surface area contributed by atoms with Crippen molar-refractivity contribution in [1.29, 1.82) is 0 Å². The molecule has 0 aliphatic carbocycles. The van der Waals surface area contributed by atoms with Crippen molar-refractivity contribution < 1.29 is 0 Å². The molecular weight excluding hydrogens is 172 g/mol. The van der Waals surface area contributed by atoms with Crippen molar-refractivity contribution in [1.82, 2.24) is 4.90 Å². The fourth-order valence-corrected chi connectivity index (χ4v) is 1.72. The van der Waals surface area contributed by atoms with E-state index in [2.05, 4.69) is 39.6 Å². The molecule has 0 aromatic rings. The summed E-state index contributed by atoms with van der Waals surface area (Å²) < 4.78 is 0. The minimum Gasteiger partial charge on any atom is -0.329 e. The van der Waals surface area contributed by atoms with Crippen molar-refractivity contribution in [3.8, 4) is 0 Å². The van der Waals surface area contributed by atoms with Crippen LogP contribution in [-0.4, -0.2) is 30.6 Å². The SMILES string of the molecule is CCC(CC)CN(C)C(C)(CC)CN. The molecule has 14 heavy (non-hydrogen) atoms. The molecule has 0 radical (unpaired) electrons. The third-order valence-electron chi connectivity index (χ3n) is 3.81. The Hall–Kier alpha value is -0.0800. The van der Waals surface area contributed by atoms with Gasteiger partial charge in [0.05, 0.1) is 0 Å². The first kappa shape index (κ1) is 13.9. The second kappa shape index (κ2) is 6.41. The Labute approximate surface area is 89.9 Å². The van der Waals surface area contributed by atoms with Gasteiger partial charge in [-0.15, -0.1) is 0 Å². The Bertz CT molecular complexity index is 137. The Morgan fingerprint density at radius 3 is 2.00 bits per heavy atom. The number of nitrogens with zero attached hydrogens (tertiary/aromatic N) is 1. The molecule has 0 amide bonds. The Balaban J connectivity index is 4.22. The van der Waals surface area contributed by atoms with Gasteiger partial charge in [-0.25, -0.2) is 0 Å². The van der Waals surface area contributed by atoms with Crippen molar-refractivity contribution in [3.05, 3.63) is 0 Å². The predicted octanol–water partition coefficient (Wildman–Crippen LogP) is 2.48. The van der Waals surface area contributed by atoms with Crippen molar-refractivity contribution >= 4 is 0 Å². The molecule has 0 saturated carbocycles. The highest BCUT2D eigenvalue weighted by atomic mass is 15.2. The summed E-state index contributed by atoms with van der Waals surface area (Å²) in [4.78, 5) is 2.44. The number of hydrogen-bond acceptors (Lipinski definition) is 2. The summed E-state index contributed by atoms with van der Waals surface area (Å²) in [5.41, 5.74) is 6.02. The molecule has 2 heteroatoms.